The van der Waals surface area contributed by atoms with E-state index in [1.54, 1.807) is 0 Å². The Labute approximate surface area is 151 Å². The van der Waals surface area contributed by atoms with E-state index in [0.717, 1.165) is 6.26 Å². The van der Waals surface area contributed by atoms with Crippen molar-refractivity contribution in [2.45, 2.75) is 10.3 Å². The fraction of sp³-hybridized carbons (Fsp3) is 0.200. The molecule has 2 aromatic rings. The number of aromatic nitrogens is 4. The zero-order valence-electron chi connectivity index (χ0n) is 11.1. The first-order valence-corrected chi connectivity index (χ1v) is 9.89. The van der Waals surface area contributed by atoms with Gasteiger partial charge in [-0.15, -0.1) is 0 Å². The van der Waals surface area contributed by atoms with E-state index in [4.69, 9.17) is 46.4 Å². The van der Waals surface area contributed by atoms with Crippen LogP contribution in [0, 0.1) is 0 Å². The first kappa shape index (κ1) is 19.7. The number of thioether (sulfide) groups is 1. The number of sulfone groups is 1. The molecule has 2 heterocycles. The van der Waals surface area contributed by atoms with Gasteiger partial charge in [-0.1, -0.05) is 58.2 Å². The maximum absolute atomic E-state index is 10.9. The molecule has 22 heavy (non-hydrogen) atoms. The summed E-state index contributed by atoms with van der Waals surface area (Å²) >= 11 is 23.5. The number of hydrogen-bond acceptors (Lipinski definition) is 7. The Morgan fingerprint density at radius 1 is 0.864 bits per heavy atom. The molecule has 0 bridgehead atoms. The van der Waals surface area contributed by atoms with Gasteiger partial charge in [-0.2, -0.15) is 0 Å². The predicted octanol–water partition coefficient (Wildman–Crippen LogP) is 3.69. The van der Waals surface area contributed by atoms with E-state index in [2.05, 4.69) is 19.9 Å². The molecule has 0 aliphatic heterocycles. The normalized spacial score (nSPS) is 10.8. The van der Waals surface area contributed by atoms with Crippen LogP contribution in [0.5, 0.6) is 0 Å². The maximum atomic E-state index is 10.9. The maximum Gasteiger partial charge on any atom is 0.249 e. The molecule has 0 spiro atoms. The van der Waals surface area contributed by atoms with Crippen molar-refractivity contribution in [3.63, 3.8) is 0 Å². The van der Waals surface area contributed by atoms with Gasteiger partial charge in [0.2, 0.25) is 15.0 Å². The number of halogens is 4. The summed E-state index contributed by atoms with van der Waals surface area (Å²) in [6, 6.07) is 2.76. The fourth-order valence-corrected chi connectivity index (χ4v) is 2.95. The highest BCUT2D eigenvalue weighted by atomic mass is 35.5. The second-order valence-corrected chi connectivity index (χ2v) is 7.80. The van der Waals surface area contributed by atoms with Crippen molar-refractivity contribution in [3.8, 4) is 0 Å². The van der Waals surface area contributed by atoms with Crippen LogP contribution in [0.4, 0.5) is 0 Å². The second-order valence-electron chi connectivity index (χ2n) is 3.57. The Hall–Kier alpha value is -0.380. The molecule has 0 radical (unpaired) electrons. The lowest BCUT2D eigenvalue weighted by atomic mass is 10.7. The van der Waals surface area contributed by atoms with E-state index in [9.17, 15) is 8.42 Å². The summed E-state index contributed by atoms with van der Waals surface area (Å²) in [6.45, 7) is 0. The molecule has 6 nitrogen and oxygen atoms in total. The molecule has 0 saturated heterocycles. The average Bonchev–Trinajstić information content (AvgIpc) is 2.36. The van der Waals surface area contributed by atoms with Gasteiger partial charge in [0.25, 0.3) is 0 Å². The highest BCUT2D eigenvalue weighted by Gasteiger charge is 2.12. The summed E-state index contributed by atoms with van der Waals surface area (Å²) in [5.41, 5.74) is 0. The minimum Gasteiger partial charge on any atom is -0.221 e. The van der Waals surface area contributed by atoms with Crippen LogP contribution in [0.3, 0.4) is 0 Å². The molecule has 120 valence electrons. The molecule has 0 fully saturated rings. The average molecular weight is 422 g/mol. The fourth-order valence-electron chi connectivity index (χ4n) is 0.998. The largest absolute Gasteiger partial charge is 0.249 e. The van der Waals surface area contributed by atoms with Gasteiger partial charge in [-0.05, 0) is 6.26 Å². The molecule has 0 N–H and O–H groups in total. The molecule has 0 aromatic carbocycles. The zero-order valence-corrected chi connectivity index (χ0v) is 15.7. The Kier molecular flexibility index (Phi) is 7.57. The van der Waals surface area contributed by atoms with Crippen LogP contribution in [-0.4, -0.2) is 40.9 Å². The molecular formula is C10H8Cl4N4O2S2. The Morgan fingerprint density at radius 2 is 1.23 bits per heavy atom. The van der Waals surface area contributed by atoms with Gasteiger partial charge in [-0.25, -0.2) is 28.4 Å². The van der Waals surface area contributed by atoms with E-state index in [-0.39, 0.29) is 15.5 Å². The Bertz CT molecular complexity index is 733. The standard InChI is InChI=1S/C5H4Cl2N2O2S.C5H4Cl2N2S/c1-12(10,11)5-8-3(6)2-4(7)9-5;1-10-5-8-3(6)2-4(7)9-5/h2H,1H3;2H,1H3. The van der Waals surface area contributed by atoms with Crippen LogP contribution >= 0.6 is 58.2 Å². The van der Waals surface area contributed by atoms with Crippen molar-refractivity contribution in [2.24, 2.45) is 0 Å². The van der Waals surface area contributed by atoms with E-state index in [0.29, 0.717) is 15.5 Å². The van der Waals surface area contributed by atoms with Gasteiger partial charge in [0.05, 0.1) is 0 Å². The summed E-state index contributed by atoms with van der Waals surface area (Å²) < 4.78 is 21.8. The van der Waals surface area contributed by atoms with Gasteiger partial charge >= 0.3 is 0 Å². The van der Waals surface area contributed by atoms with E-state index in [1.807, 2.05) is 6.26 Å². The van der Waals surface area contributed by atoms with Gasteiger partial charge in [0.1, 0.15) is 20.6 Å². The molecule has 0 amide bonds. The highest BCUT2D eigenvalue weighted by molar-refractivity contribution is 7.98. The number of nitrogens with zero attached hydrogens (tertiary/aromatic N) is 4. The van der Waals surface area contributed by atoms with Crippen LogP contribution in [0.15, 0.2) is 22.4 Å². The van der Waals surface area contributed by atoms with E-state index in [1.165, 1.54) is 23.9 Å². The summed E-state index contributed by atoms with van der Waals surface area (Å²) in [4.78, 5) is 14.7. The smallest absolute Gasteiger partial charge is 0.221 e. The minimum atomic E-state index is -3.44. The molecule has 0 atom stereocenters. The Balaban J connectivity index is 0.000000224. The van der Waals surface area contributed by atoms with Crippen molar-refractivity contribution in [3.05, 3.63) is 32.7 Å². The summed E-state index contributed by atoms with van der Waals surface area (Å²) in [6.07, 6.45) is 2.84. The summed E-state index contributed by atoms with van der Waals surface area (Å²) in [5.74, 6) is 0. The summed E-state index contributed by atoms with van der Waals surface area (Å²) in [7, 11) is -3.44. The highest BCUT2D eigenvalue weighted by Crippen LogP contribution is 2.16. The lowest BCUT2D eigenvalue weighted by Gasteiger charge is -1.96. The lowest BCUT2D eigenvalue weighted by molar-refractivity contribution is 0.593. The van der Waals surface area contributed by atoms with Crippen LogP contribution in [0.2, 0.25) is 20.6 Å². The molecule has 2 aromatic heterocycles. The molecule has 12 heteroatoms. The third-order valence-corrected chi connectivity index (χ3v) is 3.97. The van der Waals surface area contributed by atoms with Crippen LogP contribution in [-0.2, 0) is 9.84 Å². The Morgan fingerprint density at radius 3 is 1.55 bits per heavy atom. The van der Waals surface area contributed by atoms with Crippen LogP contribution < -0.4 is 0 Å². The van der Waals surface area contributed by atoms with Crippen molar-refractivity contribution >= 4 is 68.0 Å². The van der Waals surface area contributed by atoms with Crippen molar-refractivity contribution in [1.82, 2.24) is 19.9 Å². The molecule has 0 aliphatic rings. The quantitative estimate of drug-likeness (QED) is 0.415. The SMILES string of the molecule is CS(=O)(=O)c1nc(Cl)cc(Cl)n1.CSc1nc(Cl)cc(Cl)n1. The molecule has 0 aliphatic carbocycles. The minimum absolute atomic E-state index is 0.00965. The predicted molar refractivity (Wildman–Crippen MR) is 89.0 cm³/mol. The molecular weight excluding hydrogens is 414 g/mol. The first-order valence-electron chi connectivity index (χ1n) is 5.26. The van der Waals surface area contributed by atoms with Gasteiger partial charge in [-0.3, -0.25) is 0 Å². The van der Waals surface area contributed by atoms with E-state index >= 15 is 0 Å². The second kappa shape index (κ2) is 8.47. The monoisotopic (exact) mass is 420 g/mol. The topological polar surface area (TPSA) is 85.7 Å². The van der Waals surface area contributed by atoms with Crippen molar-refractivity contribution in [1.29, 1.82) is 0 Å². The molecule has 2 rings (SSSR count). The summed E-state index contributed by atoms with van der Waals surface area (Å²) in [5, 5.41) is 1.01. The van der Waals surface area contributed by atoms with E-state index < -0.39 is 9.84 Å². The van der Waals surface area contributed by atoms with Gasteiger partial charge in [0.15, 0.2) is 5.16 Å². The lowest BCUT2D eigenvalue weighted by Crippen LogP contribution is -2.03. The van der Waals surface area contributed by atoms with Crippen molar-refractivity contribution in [2.75, 3.05) is 12.5 Å². The molecule has 0 saturated carbocycles. The molecule has 0 unspecified atom stereocenters. The first-order chi connectivity index (χ1) is 10.1. The third-order valence-electron chi connectivity index (χ3n) is 1.80. The van der Waals surface area contributed by atoms with Gasteiger partial charge < -0.3 is 0 Å². The van der Waals surface area contributed by atoms with Crippen LogP contribution in [0.25, 0.3) is 0 Å². The van der Waals surface area contributed by atoms with Crippen LogP contribution in [0.1, 0.15) is 0 Å². The third kappa shape index (κ3) is 6.80. The number of hydrogen-bond donors (Lipinski definition) is 0. The van der Waals surface area contributed by atoms with Gasteiger partial charge in [0, 0.05) is 18.4 Å². The number of rotatable bonds is 2. The van der Waals surface area contributed by atoms with Crippen molar-refractivity contribution < 1.29 is 8.42 Å². The zero-order chi connectivity index (χ0) is 16.9.